The third-order valence-electron chi connectivity index (χ3n) is 2.89. The largest absolute Gasteiger partial charge is 0.265 e. The molecule has 18 heavy (non-hydrogen) atoms. The van der Waals surface area contributed by atoms with Crippen LogP contribution in [0.1, 0.15) is 5.56 Å². The third-order valence-corrected chi connectivity index (χ3v) is 2.89. The normalized spacial score (nSPS) is 10.5. The van der Waals surface area contributed by atoms with Crippen LogP contribution in [0, 0.1) is 6.92 Å². The first-order valence-corrected chi connectivity index (χ1v) is 5.85. The number of nitrogens with zero attached hydrogens (tertiary/aromatic N) is 3. The molecule has 3 rings (SSSR count). The maximum absolute atomic E-state index is 4.39. The number of benzene rings is 1. The molecule has 3 nitrogen and oxygen atoms in total. The van der Waals surface area contributed by atoms with Crippen molar-refractivity contribution in [2.24, 2.45) is 0 Å². The number of aromatic nitrogens is 3. The molecule has 2 aromatic heterocycles. The summed E-state index contributed by atoms with van der Waals surface area (Å²) in [5.41, 5.74) is 4.54. The Kier molecular flexibility index (Phi) is 2.65. The molecule has 88 valence electrons. The number of hydrogen-bond donors (Lipinski definition) is 0. The first-order chi connectivity index (χ1) is 8.83. The molecule has 2 heterocycles. The van der Waals surface area contributed by atoms with Gasteiger partial charge in [0.25, 0.3) is 0 Å². The maximum Gasteiger partial charge on any atom is 0.0645 e. The molecule has 0 saturated carbocycles. The highest BCUT2D eigenvalue weighted by Crippen LogP contribution is 2.19. The van der Waals surface area contributed by atoms with Crippen molar-refractivity contribution < 1.29 is 0 Å². The van der Waals surface area contributed by atoms with Crippen molar-refractivity contribution in [3.8, 4) is 16.8 Å². The SMILES string of the molecule is Cc1ccc(-n2cc(-c3ccncc3)cn2)cc1. The summed E-state index contributed by atoms with van der Waals surface area (Å²) in [7, 11) is 0. The molecule has 0 aliphatic rings. The molecule has 0 atom stereocenters. The van der Waals surface area contributed by atoms with Crippen LogP contribution in [0.3, 0.4) is 0 Å². The number of aryl methyl sites for hydroxylation is 1. The number of hydrogen-bond acceptors (Lipinski definition) is 2. The smallest absolute Gasteiger partial charge is 0.0645 e. The Morgan fingerprint density at radius 2 is 1.61 bits per heavy atom. The molecule has 0 unspecified atom stereocenters. The average Bonchev–Trinajstić information content (AvgIpc) is 2.90. The first kappa shape index (κ1) is 10.7. The van der Waals surface area contributed by atoms with Crippen LogP contribution in [0.5, 0.6) is 0 Å². The molecular weight excluding hydrogens is 222 g/mol. The van der Waals surface area contributed by atoms with Crippen molar-refractivity contribution in [3.05, 3.63) is 66.7 Å². The molecular formula is C15H13N3. The number of pyridine rings is 1. The number of rotatable bonds is 2. The molecule has 3 heteroatoms. The maximum atomic E-state index is 4.39. The van der Waals surface area contributed by atoms with Gasteiger partial charge in [0.15, 0.2) is 0 Å². The van der Waals surface area contributed by atoms with Gasteiger partial charge in [0, 0.05) is 24.2 Å². The fourth-order valence-corrected chi connectivity index (χ4v) is 1.85. The van der Waals surface area contributed by atoms with E-state index in [2.05, 4.69) is 41.3 Å². The van der Waals surface area contributed by atoms with E-state index >= 15 is 0 Å². The molecule has 0 fully saturated rings. The second-order valence-electron chi connectivity index (χ2n) is 4.25. The van der Waals surface area contributed by atoms with Gasteiger partial charge in [-0.1, -0.05) is 17.7 Å². The van der Waals surface area contributed by atoms with Crippen LogP contribution < -0.4 is 0 Å². The van der Waals surface area contributed by atoms with Crippen molar-refractivity contribution in [1.82, 2.24) is 14.8 Å². The van der Waals surface area contributed by atoms with Crippen LogP contribution in [0.15, 0.2) is 61.2 Å². The zero-order chi connectivity index (χ0) is 12.4. The summed E-state index contributed by atoms with van der Waals surface area (Å²) in [5, 5.41) is 4.39. The van der Waals surface area contributed by atoms with E-state index in [1.54, 1.807) is 12.4 Å². The van der Waals surface area contributed by atoms with Gasteiger partial charge in [-0.2, -0.15) is 5.10 Å². The summed E-state index contributed by atoms with van der Waals surface area (Å²) >= 11 is 0. The molecule has 0 bridgehead atoms. The predicted molar refractivity (Wildman–Crippen MR) is 71.5 cm³/mol. The van der Waals surface area contributed by atoms with E-state index in [4.69, 9.17) is 0 Å². The van der Waals surface area contributed by atoms with E-state index in [0.717, 1.165) is 16.8 Å². The molecule has 0 amide bonds. The van der Waals surface area contributed by atoms with Crippen LogP contribution >= 0.6 is 0 Å². The van der Waals surface area contributed by atoms with Crippen LogP contribution in [-0.4, -0.2) is 14.8 Å². The van der Waals surface area contributed by atoms with Crippen molar-refractivity contribution in [2.45, 2.75) is 6.92 Å². The Hall–Kier alpha value is -2.42. The van der Waals surface area contributed by atoms with Gasteiger partial charge in [-0.05, 0) is 36.8 Å². The summed E-state index contributed by atoms with van der Waals surface area (Å²) in [5.74, 6) is 0. The summed E-state index contributed by atoms with van der Waals surface area (Å²) < 4.78 is 1.88. The molecule has 3 aromatic rings. The zero-order valence-electron chi connectivity index (χ0n) is 10.1. The monoisotopic (exact) mass is 235 g/mol. The Morgan fingerprint density at radius 3 is 2.33 bits per heavy atom. The van der Waals surface area contributed by atoms with Crippen molar-refractivity contribution in [3.63, 3.8) is 0 Å². The molecule has 0 spiro atoms. The van der Waals surface area contributed by atoms with E-state index in [1.165, 1.54) is 5.56 Å². The highest BCUT2D eigenvalue weighted by atomic mass is 15.3. The van der Waals surface area contributed by atoms with E-state index in [0.29, 0.717) is 0 Å². The molecule has 1 aromatic carbocycles. The Bertz CT molecular complexity index is 639. The highest BCUT2D eigenvalue weighted by Gasteiger charge is 2.02. The summed E-state index contributed by atoms with van der Waals surface area (Å²) in [6, 6.07) is 12.3. The Morgan fingerprint density at radius 1 is 0.889 bits per heavy atom. The average molecular weight is 235 g/mol. The summed E-state index contributed by atoms with van der Waals surface area (Å²) in [6.45, 7) is 2.08. The minimum Gasteiger partial charge on any atom is -0.265 e. The van der Waals surface area contributed by atoms with Gasteiger partial charge in [-0.15, -0.1) is 0 Å². The van der Waals surface area contributed by atoms with E-state index in [-0.39, 0.29) is 0 Å². The van der Waals surface area contributed by atoms with E-state index < -0.39 is 0 Å². The lowest BCUT2D eigenvalue weighted by Crippen LogP contribution is -1.93. The van der Waals surface area contributed by atoms with Crippen molar-refractivity contribution >= 4 is 0 Å². The zero-order valence-corrected chi connectivity index (χ0v) is 10.1. The Labute approximate surface area is 106 Å². The second-order valence-corrected chi connectivity index (χ2v) is 4.25. The van der Waals surface area contributed by atoms with Crippen molar-refractivity contribution in [2.75, 3.05) is 0 Å². The fraction of sp³-hybridized carbons (Fsp3) is 0.0667. The molecule has 0 aliphatic heterocycles. The fourth-order valence-electron chi connectivity index (χ4n) is 1.85. The van der Waals surface area contributed by atoms with Gasteiger partial charge in [0.2, 0.25) is 0 Å². The van der Waals surface area contributed by atoms with Crippen molar-refractivity contribution in [1.29, 1.82) is 0 Å². The molecule has 0 radical (unpaired) electrons. The predicted octanol–water partition coefficient (Wildman–Crippen LogP) is 3.24. The van der Waals surface area contributed by atoms with E-state index in [1.807, 2.05) is 29.2 Å². The highest BCUT2D eigenvalue weighted by molar-refractivity contribution is 5.61. The Balaban J connectivity index is 1.97. The lowest BCUT2D eigenvalue weighted by molar-refractivity contribution is 0.880. The summed E-state index contributed by atoms with van der Waals surface area (Å²) in [6.07, 6.45) is 7.48. The van der Waals surface area contributed by atoms with Gasteiger partial charge in [0.05, 0.1) is 11.9 Å². The lowest BCUT2D eigenvalue weighted by Gasteiger charge is -2.01. The minimum atomic E-state index is 1.07. The van der Waals surface area contributed by atoms with E-state index in [9.17, 15) is 0 Å². The van der Waals surface area contributed by atoms with Crippen LogP contribution in [-0.2, 0) is 0 Å². The van der Waals surface area contributed by atoms with Gasteiger partial charge < -0.3 is 0 Å². The second kappa shape index (κ2) is 4.45. The molecule has 0 N–H and O–H groups in total. The van der Waals surface area contributed by atoms with Crippen LogP contribution in [0.2, 0.25) is 0 Å². The van der Waals surface area contributed by atoms with Crippen LogP contribution in [0.4, 0.5) is 0 Å². The topological polar surface area (TPSA) is 30.7 Å². The first-order valence-electron chi connectivity index (χ1n) is 5.85. The quantitative estimate of drug-likeness (QED) is 0.682. The lowest BCUT2D eigenvalue weighted by atomic mass is 10.1. The van der Waals surface area contributed by atoms with Crippen LogP contribution in [0.25, 0.3) is 16.8 Å². The van der Waals surface area contributed by atoms with Gasteiger partial charge >= 0.3 is 0 Å². The standard InChI is InChI=1S/C15H13N3/c1-12-2-4-15(5-3-12)18-11-14(10-17-18)13-6-8-16-9-7-13/h2-11H,1H3. The molecule has 0 saturated heterocycles. The third kappa shape index (κ3) is 2.02. The van der Waals surface area contributed by atoms with Gasteiger partial charge in [-0.25, -0.2) is 4.68 Å². The van der Waals surface area contributed by atoms with Gasteiger partial charge in [0.1, 0.15) is 0 Å². The van der Waals surface area contributed by atoms with Gasteiger partial charge in [-0.3, -0.25) is 4.98 Å². The summed E-state index contributed by atoms with van der Waals surface area (Å²) in [4.78, 5) is 4.02. The minimum absolute atomic E-state index is 1.07. The molecule has 0 aliphatic carbocycles.